The minimum absolute atomic E-state index is 0.271. The Balaban J connectivity index is 2.23. The van der Waals surface area contributed by atoms with Crippen LogP contribution in [0, 0.1) is 0 Å². The van der Waals surface area contributed by atoms with Crippen molar-refractivity contribution >= 4 is 22.5 Å². The van der Waals surface area contributed by atoms with Gasteiger partial charge in [0, 0.05) is 27.7 Å². The highest BCUT2D eigenvalue weighted by atomic mass is 35.5. The fourth-order valence-corrected chi connectivity index (χ4v) is 2.10. The first-order valence-electron chi connectivity index (χ1n) is 5.30. The minimum Gasteiger partial charge on any atom is -0.508 e. The number of H-pyrrole nitrogens is 1. The van der Waals surface area contributed by atoms with Gasteiger partial charge in [-0.2, -0.15) is 0 Å². The fourth-order valence-electron chi connectivity index (χ4n) is 1.98. The van der Waals surface area contributed by atoms with Crippen LogP contribution in [0.3, 0.4) is 0 Å². The van der Waals surface area contributed by atoms with Crippen molar-refractivity contribution in [3.63, 3.8) is 0 Å². The number of fused-ring (bicyclic) bond motifs is 1. The third-order valence-electron chi connectivity index (χ3n) is 2.82. The average molecular weight is 244 g/mol. The van der Waals surface area contributed by atoms with E-state index in [1.165, 1.54) is 0 Å². The number of rotatable bonds is 1. The maximum atomic E-state index is 9.53. The number of hydrogen-bond acceptors (Lipinski definition) is 1. The van der Waals surface area contributed by atoms with Crippen molar-refractivity contribution in [2.45, 2.75) is 0 Å². The number of phenols is 1. The molecular formula is C14H10ClNO. The molecule has 0 spiro atoms. The summed E-state index contributed by atoms with van der Waals surface area (Å²) >= 11 is 5.87. The predicted octanol–water partition coefficient (Wildman–Crippen LogP) is 4.19. The van der Waals surface area contributed by atoms with Gasteiger partial charge < -0.3 is 10.1 Å². The first kappa shape index (κ1) is 10.2. The number of aromatic hydroxyl groups is 1. The topological polar surface area (TPSA) is 36.0 Å². The third kappa shape index (κ3) is 1.77. The van der Waals surface area contributed by atoms with E-state index in [1.807, 2.05) is 36.5 Å². The molecule has 0 amide bonds. The van der Waals surface area contributed by atoms with E-state index in [1.54, 1.807) is 12.1 Å². The zero-order chi connectivity index (χ0) is 11.8. The van der Waals surface area contributed by atoms with Crippen LogP contribution in [0.25, 0.3) is 22.0 Å². The predicted molar refractivity (Wildman–Crippen MR) is 70.4 cm³/mol. The molecule has 0 aliphatic heterocycles. The second-order valence-corrected chi connectivity index (χ2v) is 4.38. The maximum Gasteiger partial charge on any atom is 0.116 e. The number of halogens is 1. The summed E-state index contributed by atoms with van der Waals surface area (Å²) < 4.78 is 0. The van der Waals surface area contributed by atoms with E-state index in [-0.39, 0.29) is 5.75 Å². The molecule has 0 radical (unpaired) electrons. The highest BCUT2D eigenvalue weighted by Crippen LogP contribution is 2.31. The molecular weight excluding hydrogens is 234 g/mol. The lowest BCUT2D eigenvalue weighted by atomic mass is 10.0. The van der Waals surface area contributed by atoms with Crippen molar-refractivity contribution in [1.82, 2.24) is 4.98 Å². The first-order valence-corrected chi connectivity index (χ1v) is 5.68. The van der Waals surface area contributed by atoms with Gasteiger partial charge >= 0.3 is 0 Å². The van der Waals surface area contributed by atoms with Crippen LogP contribution < -0.4 is 0 Å². The molecule has 0 aliphatic carbocycles. The van der Waals surface area contributed by atoms with E-state index < -0.39 is 0 Å². The molecule has 3 rings (SSSR count). The SMILES string of the molecule is Oc1ccc2[nH]cc(-c3ccc(Cl)cc3)c2c1. The van der Waals surface area contributed by atoms with E-state index in [9.17, 15) is 5.11 Å². The fraction of sp³-hybridized carbons (Fsp3) is 0. The second-order valence-electron chi connectivity index (χ2n) is 3.94. The Bertz CT molecular complexity index is 670. The molecule has 84 valence electrons. The summed E-state index contributed by atoms with van der Waals surface area (Å²) in [6.45, 7) is 0. The average Bonchev–Trinajstić information content (AvgIpc) is 2.73. The van der Waals surface area contributed by atoms with Crippen LogP contribution in [-0.2, 0) is 0 Å². The van der Waals surface area contributed by atoms with Crippen molar-refractivity contribution in [2.24, 2.45) is 0 Å². The summed E-state index contributed by atoms with van der Waals surface area (Å²) in [5, 5.41) is 11.3. The Labute approximate surface area is 103 Å². The summed E-state index contributed by atoms with van der Waals surface area (Å²) in [4.78, 5) is 3.18. The van der Waals surface area contributed by atoms with Crippen molar-refractivity contribution in [1.29, 1.82) is 0 Å². The molecule has 3 heteroatoms. The molecule has 2 nitrogen and oxygen atoms in total. The Hall–Kier alpha value is -1.93. The van der Waals surface area contributed by atoms with Crippen LogP contribution in [0.15, 0.2) is 48.7 Å². The summed E-state index contributed by atoms with van der Waals surface area (Å²) in [5.74, 6) is 0.271. The highest BCUT2D eigenvalue weighted by molar-refractivity contribution is 6.30. The largest absolute Gasteiger partial charge is 0.508 e. The summed E-state index contributed by atoms with van der Waals surface area (Å²) in [6.07, 6.45) is 1.94. The Kier molecular flexibility index (Phi) is 2.30. The lowest BCUT2D eigenvalue weighted by Crippen LogP contribution is -1.75. The van der Waals surface area contributed by atoms with Crippen LogP contribution in [-0.4, -0.2) is 10.1 Å². The summed E-state index contributed by atoms with van der Waals surface area (Å²) in [7, 11) is 0. The maximum absolute atomic E-state index is 9.53. The third-order valence-corrected chi connectivity index (χ3v) is 3.07. The monoisotopic (exact) mass is 243 g/mol. The van der Waals surface area contributed by atoms with Crippen molar-refractivity contribution in [3.8, 4) is 16.9 Å². The normalized spacial score (nSPS) is 10.9. The molecule has 0 unspecified atom stereocenters. The van der Waals surface area contributed by atoms with Crippen molar-refractivity contribution in [2.75, 3.05) is 0 Å². The number of phenolic OH excluding ortho intramolecular Hbond substituents is 1. The van der Waals surface area contributed by atoms with Crippen LogP contribution in [0.2, 0.25) is 5.02 Å². The molecule has 0 bridgehead atoms. The van der Waals surface area contributed by atoms with Crippen molar-refractivity contribution < 1.29 is 5.11 Å². The van der Waals surface area contributed by atoms with E-state index in [4.69, 9.17) is 11.6 Å². The van der Waals surface area contributed by atoms with Gasteiger partial charge in [-0.05, 0) is 35.9 Å². The van der Waals surface area contributed by atoms with Gasteiger partial charge in [0.2, 0.25) is 0 Å². The van der Waals surface area contributed by atoms with Crippen LogP contribution >= 0.6 is 11.6 Å². The molecule has 1 aromatic heterocycles. The van der Waals surface area contributed by atoms with Gasteiger partial charge in [-0.3, -0.25) is 0 Å². The number of aromatic nitrogens is 1. The van der Waals surface area contributed by atoms with Gasteiger partial charge in [-0.15, -0.1) is 0 Å². The molecule has 0 atom stereocenters. The zero-order valence-electron chi connectivity index (χ0n) is 8.94. The van der Waals surface area contributed by atoms with E-state index in [0.717, 1.165) is 27.1 Å². The van der Waals surface area contributed by atoms with Crippen LogP contribution in [0.1, 0.15) is 0 Å². The quantitative estimate of drug-likeness (QED) is 0.660. The van der Waals surface area contributed by atoms with Crippen LogP contribution in [0.5, 0.6) is 5.75 Å². The van der Waals surface area contributed by atoms with Crippen molar-refractivity contribution in [3.05, 3.63) is 53.7 Å². The van der Waals surface area contributed by atoms with E-state index in [0.29, 0.717) is 0 Å². The van der Waals surface area contributed by atoms with E-state index in [2.05, 4.69) is 4.98 Å². The lowest BCUT2D eigenvalue weighted by molar-refractivity contribution is 0.476. The molecule has 2 aromatic carbocycles. The summed E-state index contributed by atoms with van der Waals surface area (Å²) in [6, 6.07) is 12.9. The number of benzene rings is 2. The molecule has 2 N–H and O–H groups in total. The number of nitrogens with one attached hydrogen (secondary N) is 1. The molecule has 3 aromatic rings. The van der Waals surface area contributed by atoms with E-state index >= 15 is 0 Å². The Morgan fingerprint density at radius 3 is 2.53 bits per heavy atom. The van der Waals surface area contributed by atoms with Gasteiger partial charge in [0.1, 0.15) is 5.75 Å². The molecule has 0 saturated carbocycles. The van der Waals surface area contributed by atoms with Gasteiger partial charge in [-0.1, -0.05) is 23.7 Å². The number of aromatic amines is 1. The van der Waals surface area contributed by atoms with Gasteiger partial charge in [0.25, 0.3) is 0 Å². The standard InChI is InChI=1S/C14H10ClNO/c15-10-3-1-9(2-4-10)13-8-16-14-6-5-11(17)7-12(13)14/h1-8,16-17H. The second kappa shape index (κ2) is 3.82. The lowest BCUT2D eigenvalue weighted by Gasteiger charge is -2.00. The Morgan fingerprint density at radius 2 is 1.76 bits per heavy atom. The first-order chi connectivity index (χ1) is 8.24. The van der Waals surface area contributed by atoms with Crippen LogP contribution in [0.4, 0.5) is 0 Å². The Morgan fingerprint density at radius 1 is 1.00 bits per heavy atom. The molecule has 17 heavy (non-hydrogen) atoms. The molecule has 0 fully saturated rings. The van der Waals surface area contributed by atoms with Gasteiger partial charge in [-0.25, -0.2) is 0 Å². The molecule has 1 heterocycles. The number of hydrogen-bond donors (Lipinski definition) is 2. The van der Waals surface area contributed by atoms with Gasteiger partial charge in [0.05, 0.1) is 0 Å². The molecule has 0 aliphatic rings. The summed E-state index contributed by atoms with van der Waals surface area (Å²) in [5.41, 5.74) is 3.14. The molecule has 0 saturated heterocycles. The minimum atomic E-state index is 0.271. The smallest absolute Gasteiger partial charge is 0.116 e. The van der Waals surface area contributed by atoms with Gasteiger partial charge in [0.15, 0.2) is 0 Å². The zero-order valence-corrected chi connectivity index (χ0v) is 9.70. The highest BCUT2D eigenvalue weighted by Gasteiger charge is 2.06.